The number of anilines is 1. The number of nitrogens with one attached hydrogen (secondary N) is 2. The van der Waals surface area contributed by atoms with Crippen molar-refractivity contribution < 1.29 is 9.32 Å². The van der Waals surface area contributed by atoms with Gasteiger partial charge < -0.3 is 9.84 Å². The molecule has 0 bridgehead atoms. The standard InChI is InChI=1S/C17H21N3O2/c1-17(2,3)14-10-15(20-22-14)19-16(21)18-13-9-8-11-6-4-5-7-12(11)13/h4-7,10,13H,8-9H2,1-3H3,(H2,18,19,20,21). The van der Waals surface area contributed by atoms with Crippen molar-refractivity contribution in [1.82, 2.24) is 10.5 Å². The number of amides is 2. The predicted molar refractivity (Wildman–Crippen MR) is 84.9 cm³/mol. The number of nitrogens with zero attached hydrogens (tertiary/aromatic N) is 1. The van der Waals surface area contributed by atoms with Gasteiger partial charge in [-0.3, -0.25) is 5.32 Å². The summed E-state index contributed by atoms with van der Waals surface area (Å²) in [5.41, 5.74) is 2.38. The molecule has 5 heteroatoms. The molecule has 1 aliphatic carbocycles. The first-order valence-corrected chi connectivity index (χ1v) is 7.56. The molecule has 3 rings (SSSR count). The topological polar surface area (TPSA) is 67.2 Å². The van der Waals surface area contributed by atoms with Crippen LogP contribution < -0.4 is 10.6 Å². The zero-order valence-corrected chi connectivity index (χ0v) is 13.1. The molecule has 1 aromatic heterocycles. The average Bonchev–Trinajstić information content (AvgIpc) is 3.06. The summed E-state index contributed by atoms with van der Waals surface area (Å²) in [5.74, 6) is 1.18. The number of fused-ring (bicyclic) bond motifs is 1. The van der Waals surface area contributed by atoms with Crippen molar-refractivity contribution in [3.63, 3.8) is 0 Å². The van der Waals surface area contributed by atoms with Crippen molar-refractivity contribution in [1.29, 1.82) is 0 Å². The van der Waals surface area contributed by atoms with E-state index in [-0.39, 0.29) is 17.5 Å². The van der Waals surface area contributed by atoms with Gasteiger partial charge in [0.2, 0.25) is 0 Å². The van der Waals surface area contributed by atoms with Gasteiger partial charge in [0.25, 0.3) is 0 Å². The lowest BCUT2D eigenvalue weighted by atomic mass is 9.93. The van der Waals surface area contributed by atoms with E-state index in [0.29, 0.717) is 5.82 Å². The van der Waals surface area contributed by atoms with Gasteiger partial charge in [-0.2, -0.15) is 0 Å². The Morgan fingerprint density at radius 1 is 1.32 bits per heavy atom. The second kappa shape index (κ2) is 5.48. The van der Waals surface area contributed by atoms with Gasteiger partial charge in [0.1, 0.15) is 5.76 Å². The van der Waals surface area contributed by atoms with Crippen LogP contribution in [0.4, 0.5) is 10.6 Å². The summed E-state index contributed by atoms with van der Waals surface area (Å²) in [7, 11) is 0. The van der Waals surface area contributed by atoms with Crippen LogP contribution in [-0.4, -0.2) is 11.2 Å². The average molecular weight is 299 g/mol. The molecule has 2 N–H and O–H groups in total. The number of hydrogen-bond donors (Lipinski definition) is 2. The van der Waals surface area contributed by atoms with E-state index in [9.17, 15) is 4.79 Å². The summed E-state index contributed by atoms with van der Waals surface area (Å²) < 4.78 is 5.26. The zero-order chi connectivity index (χ0) is 15.7. The number of hydrogen-bond acceptors (Lipinski definition) is 3. The van der Waals surface area contributed by atoms with Crippen LogP contribution in [0.1, 0.15) is 50.1 Å². The van der Waals surface area contributed by atoms with E-state index >= 15 is 0 Å². The summed E-state index contributed by atoms with van der Waals surface area (Å²) in [6, 6.07) is 9.79. The zero-order valence-electron chi connectivity index (χ0n) is 13.1. The molecule has 0 radical (unpaired) electrons. The Hall–Kier alpha value is -2.30. The van der Waals surface area contributed by atoms with Crippen LogP contribution >= 0.6 is 0 Å². The van der Waals surface area contributed by atoms with Crippen molar-refractivity contribution in [2.75, 3.05) is 5.32 Å². The third kappa shape index (κ3) is 2.98. The van der Waals surface area contributed by atoms with Gasteiger partial charge >= 0.3 is 6.03 Å². The summed E-state index contributed by atoms with van der Waals surface area (Å²) >= 11 is 0. The highest BCUT2D eigenvalue weighted by Gasteiger charge is 2.24. The fraction of sp³-hybridized carbons (Fsp3) is 0.412. The van der Waals surface area contributed by atoms with Crippen molar-refractivity contribution in [3.05, 3.63) is 47.2 Å². The van der Waals surface area contributed by atoms with E-state index in [1.54, 1.807) is 6.07 Å². The number of benzene rings is 1. The molecule has 22 heavy (non-hydrogen) atoms. The predicted octanol–water partition coefficient (Wildman–Crippen LogP) is 3.78. The highest BCUT2D eigenvalue weighted by molar-refractivity contribution is 5.88. The number of aromatic nitrogens is 1. The SMILES string of the molecule is CC(C)(C)c1cc(NC(=O)NC2CCc3ccccc32)no1. The first-order valence-electron chi connectivity index (χ1n) is 7.56. The molecule has 0 aliphatic heterocycles. The molecule has 1 atom stereocenters. The van der Waals surface area contributed by atoms with E-state index in [2.05, 4.69) is 27.9 Å². The van der Waals surface area contributed by atoms with Crippen LogP contribution in [0.25, 0.3) is 0 Å². The van der Waals surface area contributed by atoms with Gasteiger partial charge in [0.15, 0.2) is 5.82 Å². The summed E-state index contributed by atoms with van der Waals surface area (Å²) in [6.45, 7) is 6.10. The number of urea groups is 1. The van der Waals surface area contributed by atoms with E-state index in [4.69, 9.17) is 4.52 Å². The molecular formula is C17H21N3O2. The number of carbonyl (C=O) groups excluding carboxylic acids is 1. The number of rotatable bonds is 2. The van der Waals surface area contributed by atoms with Crippen LogP contribution in [-0.2, 0) is 11.8 Å². The highest BCUT2D eigenvalue weighted by atomic mass is 16.5. The third-order valence-corrected chi connectivity index (χ3v) is 3.93. The maximum absolute atomic E-state index is 12.1. The quantitative estimate of drug-likeness (QED) is 0.886. The molecule has 1 aliphatic rings. The third-order valence-electron chi connectivity index (χ3n) is 3.93. The normalized spacial score (nSPS) is 17.1. The fourth-order valence-corrected chi connectivity index (χ4v) is 2.71. The molecule has 0 spiro atoms. The first kappa shape index (κ1) is 14.6. The van der Waals surface area contributed by atoms with E-state index < -0.39 is 0 Å². The summed E-state index contributed by atoms with van der Waals surface area (Å²) in [6.07, 6.45) is 1.93. The largest absolute Gasteiger partial charge is 0.359 e. The Labute approximate surface area is 130 Å². The van der Waals surface area contributed by atoms with Crippen LogP contribution in [0.2, 0.25) is 0 Å². The van der Waals surface area contributed by atoms with E-state index in [0.717, 1.165) is 18.6 Å². The van der Waals surface area contributed by atoms with Crippen LogP contribution in [0.15, 0.2) is 34.9 Å². The van der Waals surface area contributed by atoms with Crippen molar-refractivity contribution >= 4 is 11.8 Å². The molecule has 5 nitrogen and oxygen atoms in total. The lowest BCUT2D eigenvalue weighted by molar-refractivity contribution is 0.248. The van der Waals surface area contributed by atoms with Crippen LogP contribution in [0, 0.1) is 0 Å². The minimum atomic E-state index is -0.254. The molecular weight excluding hydrogens is 278 g/mol. The van der Waals surface area contributed by atoms with Gasteiger partial charge in [-0.1, -0.05) is 50.2 Å². The number of carbonyl (C=O) groups is 1. The van der Waals surface area contributed by atoms with Gasteiger partial charge in [-0.15, -0.1) is 0 Å². The maximum Gasteiger partial charge on any atom is 0.320 e. The minimum absolute atomic E-state index is 0.0604. The molecule has 0 saturated heterocycles. The second-order valence-electron chi connectivity index (χ2n) is 6.71. The summed E-state index contributed by atoms with van der Waals surface area (Å²) in [5, 5.41) is 9.63. The van der Waals surface area contributed by atoms with Crippen molar-refractivity contribution in [3.8, 4) is 0 Å². The molecule has 116 valence electrons. The van der Waals surface area contributed by atoms with Crippen LogP contribution in [0.3, 0.4) is 0 Å². The van der Waals surface area contributed by atoms with Gasteiger partial charge in [-0.25, -0.2) is 4.79 Å². The number of aryl methyl sites for hydroxylation is 1. The molecule has 1 unspecified atom stereocenters. The van der Waals surface area contributed by atoms with Gasteiger partial charge in [-0.05, 0) is 24.0 Å². The fourth-order valence-electron chi connectivity index (χ4n) is 2.71. The molecule has 1 heterocycles. The Morgan fingerprint density at radius 2 is 2.09 bits per heavy atom. The summed E-state index contributed by atoms with van der Waals surface area (Å²) in [4.78, 5) is 12.1. The van der Waals surface area contributed by atoms with Crippen LogP contribution in [0.5, 0.6) is 0 Å². The van der Waals surface area contributed by atoms with Gasteiger partial charge in [0, 0.05) is 11.5 Å². The van der Waals surface area contributed by atoms with Crippen molar-refractivity contribution in [2.24, 2.45) is 0 Å². The first-order chi connectivity index (χ1) is 10.4. The molecule has 2 amide bonds. The van der Waals surface area contributed by atoms with E-state index in [1.165, 1.54) is 11.1 Å². The lowest BCUT2D eigenvalue weighted by Gasteiger charge is -2.14. The van der Waals surface area contributed by atoms with Gasteiger partial charge in [0.05, 0.1) is 6.04 Å². The highest BCUT2D eigenvalue weighted by Crippen LogP contribution is 2.30. The van der Waals surface area contributed by atoms with Crippen molar-refractivity contribution in [2.45, 2.75) is 45.1 Å². The lowest BCUT2D eigenvalue weighted by Crippen LogP contribution is -2.31. The van der Waals surface area contributed by atoms with E-state index in [1.807, 2.05) is 32.9 Å². The Kier molecular flexibility index (Phi) is 3.64. The second-order valence-corrected chi connectivity index (χ2v) is 6.71. The smallest absolute Gasteiger partial charge is 0.320 e. The maximum atomic E-state index is 12.1. The molecule has 2 aromatic rings. The molecule has 0 fully saturated rings. The molecule has 0 saturated carbocycles. The minimum Gasteiger partial charge on any atom is -0.359 e. The Morgan fingerprint density at radius 3 is 2.82 bits per heavy atom. The molecule has 1 aromatic carbocycles. The Bertz CT molecular complexity index is 685. The monoisotopic (exact) mass is 299 g/mol. The Balaban J connectivity index is 1.63.